The van der Waals surface area contributed by atoms with E-state index in [4.69, 9.17) is 8.83 Å². The van der Waals surface area contributed by atoms with Crippen LogP contribution in [0.5, 0.6) is 0 Å². The summed E-state index contributed by atoms with van der Waals surface area (Å²) in [5.41, 5.74) is 0. The SMILES string of the molecule is CC1C(=O)N(Cc2nnc(-c3ccc(Br)o3)o2)C(=O)C1C. The van der Waals surface area contributed by atoms with Gasteiger partial charge in [0, 0.05) is 11.8 Å². The van der Waals surface area contributed by atoms with E-state index in [0.29, 0.717) is 10.4 Å². The van der Waals surface area contributed by atoms with Crippen molar-refractivity contribution >= 4 is 27.7 Å². The van der Waals surface area contributed by atoms with E-state index in [-0.39, 0.29) is 42.0 Å². The van der Waals surface area contributed by atoms with Crippen molar-refractivity contribution < 1.29 is 18.4 Å². The Hall–Kier alpha value is -1.96. The van der Waals surface area contributed by atoms with Crippen LogP contribution in [-0.4, -0.2) is 26.9 Å². The summed E-state index contributed by atoms with van der Waals surface area (Å²) in [6.07, 6.45) is 0. The number of rotatable bonds is 3. The van der Waals surface area contributed by atoms with E-state index in [1.165, 1.54) is 0 Å². The zero-order valence-corrected chi connectivity index (χ0v) is 13.0. The number of amides is 2. The van der Waals surface area contributed by atoms with Crippen molar-refractivity contribution in [3.05, 3.63) is 22.7 Å². The van der Waals surface area contributed by atoms with E-state index in [9.17, 15) is 9.59 Å². The predicted octanol–water partition coefficient (Wildman–Crippen LogP) is 2.23. The second-order valence-electron chi connectivity index (χ2n) is 4.94. The quantitative estimate of drug-likeness (QED) is 0.786. The van der Waals surface area contributed by atoms with E-state index in [2.05, 4.69) is 26.1 Å². The van der Waals surface area contributed by atoms with Gasteiger partial charge in [0.25, 0.3) is 5.89 Å². The molecule has 2 atom stereocenters. The van der Waals surface area contributed by atoms with Crippen LogP contribution in [0, 0.1) is 11.8 Å². The minimum atomic E-state index is -0.319. The highest BCUT2D eigenvalue weighted by Gasteiger charge is 2.42. The molecule has 110 valence electrons. The summed E-state index contributed by atoms with van der Waals surface area (Å²) in [6.45, 7) is 3.47. The molecule has 2 aromatic rings. The van der Waals surface area contributed by atoms with Gasteiger partial charge in [0.1, 0.15) is 6.54 Å². The summed E-state index contributed by atoms with van der Waals surface area (Å²) in [4.78, 5) is 25.2. The van der Waals surface area contributed by atoms with E-state index in [1.807, 2.05) is 0 Å². The van der Waals surface area contributed by atoms with Crippen LogP contribution in [-0.2, 0) is 16.1 Å². The van der Waals surface area contributed by atoms with Crippen molar-refractivity contribution in [3.8, 4) is 11.7 Å². The molecule has 0 saturated carbocycles. The van der Waals surface area contributed by atoms with E-state index in [0.717, 1.165) is 4.90 Å². The van der Waals surface area contributed by atoms with E-state index in [1.54, 1.807) is 26.0 Å². The molecular formula is C13H12BrN3O4. The standard InChI is InChI=1S/C13H12BrN3O4/c1-6-7(2)13(19)17(12(6)18)5-10-15-16-11(21-10)8-3-4-9(14)20-8/h3-4,6-7H,5H2,1-2H3. The second-order valence-corrected chi connectivity index (χ2v) is 5.73. The topological polar surface area (TPSA) is 89.4 Å². The van der Waals surface area contributed by atoms with Gasteiger partial charge in [0.15, 0.2) is 10.4 Å². The number of imide groups is 1. The first kappa shape index (κ1) is 14.0. The normalized spacial score (nSPS) is 22.3. The molecule has 3 heterocycles. The van der Waals surface area contributed by atoms with Crippen molar-refractivity contribution in [1.82, 2.24) is 15.1 Å². The largest absolute Gasteiger partial charge is 0.444 e. The minimum Gasteiger partial charge on any atom is -0.444 e. The van der Waals surface area contributed by atoms with Gasteiger partial charge in [-0.25, -0.2) is 0 Å². The average molecular weight is 354 g/mol. The summed E-state index contributed by atoms with van der Waals surface area (Å²) in [5, 5.41) is 7.70. The van der Waals surface area contributed by atoms with Gasteiger partial charge in [-0.2, -0.15) is 0 Å². The summed E-state index contributed by atoms with van der Waals surface area (Å²) < 4.78 is 11.3. The highest BCUT2D eigenvalue weighted by atomic mass is 79.9. The predicted molar refractivity (Wildman–Crippen MR) is 73.6 cm³/mol. The monoisotopic (exact) mass is 353 g/mol. The van der Waals surface area contributed by atoms with Crippen LogP contribution in [0.15, 0.2) is 25.6 Å². The lowest BCUT2D eigenvalue weighted by Crippen LogP contribution is -2.30. The van der Waals surface area contributed by atoms with Gasteiger partial charge < -0.3 is 8.83 Å². The van der Waals surface area contributed by atoms with Gasteiger partial charge in [0.05, 0.1) is 0 Å². The Kier molecular flexibility index (Phi) is 3.40. The van der Waals surface area contributed by atoms with Gasteiger partial charge >= 0.3 is 0 Å². The average Bonchev–Trinajstić information content (AvgIpc) is 3.13. The number of hydrogen-bond donors (Lipinski definition) is 0. The number of carbonyl (C=O) groups excluding carboxylic acids is 2. The number of furan rings is 1. The first-order valence-electron chi connectivity index (χ1n) is 6.40. The Morgan fingerprint density at radius 2 is 1.81 bits per heavy atom. The van der Waals surface area contributed by atoms with E-state index < -0.39 is 0 Å². The van der Waals surface area contributed by atoms with Crippen molar-refractivity contribution in [2.24, 2.45) is 11.8 Å². The molecule has 1 fully saturated rings. The number of carbonyl (C=O) groups is 2. The van der Waals surface area contributed by atoms with Crippen LogP contribution in [0.25, 0.3) is 11.7 Å². The zero-order valence-electron chi connectivity index (χ0n) is 11.4. The Bertz CT molecular complexity index is 688. The fraction of sp³-hybridized carbons (Fsp3) is 0.385. The number of halogens is 1. The highest BCUT2D eigenvalue weighted by Crippen LogP contribution is 2.28. The van der Waals surface area contributed by atoms with Gasteiger partial charge in [-0.3, -0.25) is 14.5 Å². The molecule has 21 heavy (non-hydrogen) atoms. The first-order valence-corrected chi connectivity index (χ1v) is 7.20. The Morgan fingerprint density at radius 1 is 1.14 bits per heavy atom. The molecule has 0 radical (unpaired) electrons. The zero-order chi connectivity index (χ0) is 15.1. The molecule has 0 N–H and O–H groups in total. The van der Waals surface area contributed by atoms with Crippen LogP contribution >= 0.6 is 15.9 Å². The molecule has 7 nitrogen and oxygen atoms in total. The third-order valence-corrected chi connectivity index (χ3v) is 4.03. The van der Waals surface area contributed by atoms with Crippen LogP contribution in [0.2, 0.25) is 0 Å². The maximum atomic E-state index is 12.0. The Balaban J connectivity index is 1.79. The lowest BCUT2D eigenvalue weighted by molar-refractivity contribution is -0.140. The molecule has 8 heteroatoms. The van der Waals surface area contributed by atoms with Gasteiger partial charge in [-0.1, -0.05) is 13.8 Å². The van der Waals surface area contributed by atoms with Crippen LogP contribution in [0.3, 0.4) is 0 Å². The fourth-order valence-electron chi connectivity index (χ4n) is 2.17. The molecule has 0 spiro atoms. The maximum absolute atomic E-state index is 12.0. The molecule has 1 aliphatic rings. The molecule has 3 rings (SSSR count). The summed E-state index contributed by atoms with van der Waals surface area (Å²) in [5.74, 6) is -0.249. The molecular weight excluding hydrogens is 342 g/mol. The number of likely N-dealkylation sites (tertiary alicyclic amines) is 1. The van der Waals surface area contributed by atoms with Crippen LogP contribution in [0.1, 0.15) is 19.7 Å². The third-order valence-electron chi connectivity index (χ3n) is 3.61. The lowest BCUT2D eigenvalue weighted by atomic mass is 10.00. The Morgan fingerprint density at radius 3 is 2.38 bits per heavy atom. The van der Waals surface area contributed by atoms with Gasteiger partial charge in [0.2, 0.25) is 17.7 Å². The summed E-state index contributed by atoms with van der Waals surface area (Å²) >= 11 is 3.18. The summed E-state index contributed by atoms with van der Waals surface area (Å²) in [7, 11) is 0. The second kappa shape index (κ2) is 5.10. The van der Waals surface area contributed by atoms with Gasteiger partial charge in [-0.05, 0) is 28.1 Å². The van der Waals surface area contributed by atoms with Crippen molar-refractivity contribution in [2.45, 2.75) is 20.4 Å². The first-order chi connectivity index (χ1) is 9.97. The maximum Gasteiger partial charge on any atom is 0.283 e. The Labute approximate surface area is 128 Å². The molecule has 0 aliphatic carbocycles. The van der Waals surface area contributed by atoms with Crippen LogP contribution in [0.4, 0.5) is 0 Å². The molecule has 2 aromatic heterocycles. The minimum absolute atomic E-state index is 0.0127. The number of hydrogen-bond acceptors (Lipinski definition) is 6. The number of nitrogens with zero attached hydrogens (tertiary/aromatic N) is 3. The van der Waals surface area contributed by atoms with Crippen molar-refractivity contribution in [2.75, 3.05) is 0 Å². The highest BCUT2D eigenvalue weighted by molar-refractivity contribution is 9.10. The molecule has 2 unspecified atom stereocenters. The molecule has 2 amide bonds. The molecule has 1 saturated heterocycles. The smallest absolute Gasteiger partial charge is 0.283 e. The van der Waals surface area contributed by atoms with Crippen molar-refractivity contribution in [1.29, 1.82) is 0 Å². The van der Waals surface area contributed by atoms with Crippen LogP contribution < -0.4 is 0 Å². The van der Waals surface area contributed by atoms with E-state index >= 15 is 0 Å². The molecule has 1 aliphatic heterocycles. The molecule has 0 aromatic carbocycles. The van der Waals surface area contributed by atoms with Crippen molar-refractivity contribution in [3.63, 3.8) is 0 Å². The third kappa shape index (κ3) is 2.39. The number of aromatic nitrogens is 2. The molecule has 0 bridgehead atoms. The fourth-order valence-corrected chi connectivity index (χ4v) is 2.47. The lowest BCUT2D eigenvalue weighted by Gasteiger charge is -2.10. The summed E-state index contributed by atoms with van der Waals surface area (Å²) in [6, 6.07) is 3.38. The van der Waals surface area contributed by atoms with Gasteiger partial charge in [-0.15, -0.1) is 10.2 Å².